The van der Waals surface area contributed by atoms with Crippen molar-refractivity contribution in [2.24, 2.45) is 0 Å². The Hall–Kier alpha value is -1.62. The zero-order valence-electron chi connectivity index (χ0n) is 8.98. The number of rotatable bonds is 3. The molecule has 0 saturated heterocycles. The van der Waals surface area contributed by atoms with Crippen LogP contribution in [0.1, 0.15) is 0 Å². The predicted molar refractivity (Wildman–Crippen MR) is 65.0 cm³/mol. The molecule has 0 unspecified atom stereocenters. The normalized spacial score (nSPS) is 10.1. The zero-order chi connectivity index (χ0) is 12.3. The summed E-state index contributed by atoms with van der Waals surface area (Å²) >= 11 is 3.25. The fraction of sp³-hybridized carbons (Fsp3) is 0.0833. The lowest BCUT2D eigenvalue weighted by Gasteiger charge is -2.09. The minimum absolute atomic E-state index is 0.0939. The van der Waals surface area contributed by atoms with Gasteiger partial charge >= 0.3 is 0 Å². The first-order chi connectivity index (χ1) is 8.20. The first-order valence-electron chi connectivity index (χ1n) is 4.82. The van der Waals surface area contributed by atoms with Crippen LogP contribution in [0, 0.1) is 5.82 Å². The molecule has 5 heteroatoms. The van der Waals surface area contributed by atoms with Crippen LogP contribution in [-0.2, 0) is 0 Å². The highest BCUT2D eigenvalue weighted by Gasteiger charge is 2.10. The van der Waals surface area contributed by atoms with Crippen LogP contribution in [0.4, 0.5) is 4.39 Å². The highest BCUT2D eigenvalue weighted by molar-refractivity contribution is 9.10. The lowest BCUT2D eigenvalue weighted by Crippen LogP contribution is -1.94. The van der Waals surface area contributed by atoms with Crippen LogP contribution < -0.4 is 9.47 Å². The number of methoxy groups -OCH3 is 1. The molecule has 0 spiro atoms. The van der Waals surface area contributed by atoms with E-state index < -0.39 is 5.82 Å². The van der Waals surface area contributed by atoms with Crippen LogP contribution in [0.5, 0.6) is 17.4 Å². The highest BCUT2D eigenvalue weighted by atomic mass is 79.9. The minimum Gasteiger partial charge on any atom is -0.491 e. The summed E-state index contributed by atoms with van der Waals surface area (Å²) in [4.78, 5) is 3.99. The third-order valence-electron chi connectivity index (χ3n) is 2.06. The second-order valence-corrected chi connectivity index (χ2v) is 4.10. The quantitative estimate of drug-likeness (QED) is 0.864. The van der Waals surface area contributed by atoms with E-state index >= 15 is 0 Å². The SMILES string of the molecule is COc1cccnc1Oc1cc(Br)ccc1F. The second-order valence-electron chi connectivity index (χ2n) is 3.19. The van der Waals surface area contributed by atoms with Gasteiger partial charge in [-0.2, -0.15) is 0 Å². The number of nitrogens with zero attached hydrogens (tertiary/aromatic N) is 1. The van der Waals surface area contributed by atoms with E-state index in [0.29, 0.717) is 5.75 Å². The van der Waals surface area contributed by atoms with Crippen molar-refractivity contribution in [1.29, 1.82) is 0 Å². The van der Waals surface area contributed by atoms with E-state index in [4.69, 9.17) is 9.47 Å². The molecule has 0 aliphatic carbocycles. The molecule has 0 bridgehead atoms. The summed E-state index contributed by atoms with van der Waals surface area (Å²) < 4.78 is 24.6. The van der Waals surface area contributed by atoms with Gasteiger partial charge in [-0.25, -0.2) is 9.37 Å². The van der Waals surface area contributed by atoms with E-state index in [-0.39, 0.29) is 11.6 Å². The molecule has 0 fully saturated rings. The molecule has 0 amide bonds. The van der Waals surface area contributed by atoms with Crippen LogP contribution in [0.2, 0.25) is 0 Å². The molecular formula is C12H9BrFNO2. The first kappa shape index (κ1) is 11.9. The second kappa shape index (κ2) is 5.14. The smallest absolute Gasteiger partial charge is 0.262 e. The maximum Gasteiger partial charge on any atom is 0.262 e. The van der Waals surface area contributed by atoms with Gasteiger partial charge in [-0.15, -0.1) is 0 Å². The first-order valence-corrected chi connectivity index (χ1v) is 5.62. The van der Waals surface area contributed by atoms with Gasteiger partial charge in [0.05, 0.1) is 7.11 Å². The van der Waals surface area contributed by atoms with E-state index in [1.54, 1.807) is 24.4 Å². The van der Waals surface area contributed by atoms with Crippen LogP contribution >= 0.6 is 15.9 Å². The maximum atomic E-state index is 13.5. The molecule has 1 aromatic heterocycles. The number of pyridine rings is 1. The largest absolute Gasteiger partial charge is 0.491 e. The zero-order valence-corrected chi connectivity index (χ0v) is 10.6. The average molecular weight is 298 g/mol. The molecule has 88 valence electrons. The van der Waals surface area contributed by atoms with E-state index in [1.165, 1.54) is 19.2 Å². The van der Waals surface area contributed by atoms with Gasteiger partial charge in [0.2, 0.25) is 0 Å². The molecule has 0 radical (unpaired) electrons. The van der Waals surface area contributed by atoms with Gasteiger partial charge in [-0.05, 0) is 30.3 Å². The Morgan fingerprint density at radius 2 is 2.06 bits per heavy atom. The van der Waals surface area contributed by atoms with E-state index in [2.05, 4.69) is 20.9 Å². The summed E-state index contributed by atoms with van der Waals surface area (Å²) in [5.41, 5.74) is 0. The molecule has 17 heavy (non-hydrogen) atoms. The fourth-order valence-corrected chi connectivity index (χ4v) is 1.61. The Morgan fingerprint density at radius 3 is 2.82 bits per heavy atom. The number of hydrogen-bond acceptors (Lipinski definition) is 3. The van der Waals surface area contributed by atoms with Crippen molar-refractivity contribution < 1.29 is 13.9 Å². The van der Waals surface area contributed by atoms with E-state index in [0.717, 1.165) is 4.47 Å². The Labute approximate surface area is 106 Å². The van der Waals surface area contributed by atoms with E-state index in [9.17, 15) is 4.39 Å². The molecule has 2 aromatic rings. The summed E-state index contributed by atoms with van der Waals surface area (Å²) in [6.07, 6.45) is 1.55. The number of benzene rings is 1. The Kier molecular flexibility index (Phi) is 3.58. The van der Waals surface area contributed by atoms with Crippen LogP contribution in [0.25, 0.3) is 0 Å². The summed E-state index contributed by atoms with van der Waals surface area (Å²) in [6.45, 7) is 0. The fourth-order valence-electron chi connectivity index (χ4n) is 1.27. The lowest BCUT2D eigenvalue weighted by atomic mass is 10.3. The summed E-state index contributed by atoms with van der Waals surface area (Å²) in [5, 5.41) is 0. The monoisotopic (exact) mass is 297 g/mol. The summed E-state index contributed by atoms with van der Waals surface area (Å²) in [5.74, 6) is 0.316. The van der Waals surface area contributed by atoms with Gasteiger partial charge in [0.1, 0.15) is 0 Å². The van der Waals surface area contributed by atoms with Crippen molar-refractivity contribution in [3.05, 3.63) is 46.8 Å². The van der Waals surface area contributed by atoms with Gasteiger partial charge in [0.15, 0.2) is 17.3 Å². The lowest BCUT2D eigenvalue weighted by molar-refractivity contribution is 0.361. The molecule has 1 aromatic carbocycles. The number of hydrogen-bond donors (Lipinski definition) is 0. The molecule has 0 N–H and O–H groups in total. The Balaban J connectivity index is 2.34. The van der Waals surface area contributed by atoms with Crippen LogP contribution in [-0.4, -0.2) is 12.1 Å². The number of halogens is 2. The topological polar surface area (TPSA) is 31.4 Å². The van der Waals surface area contributed by atoms with Crippen molar-refractivity contribution in [1.82, 2.24) is 4.98 Å². The molecule has 0 aliphatic rings. The molecule has 0 atom stereocenters. The molecule has 0 saturated carbocycles. The molecule has 0 aliphatic heterocycles. The molecule has 2 rings (SSSR count). The average Bonchev–Trinajstić information content (AvgIpc) is 2.34. The Bertz CT molecular complexity index is 534. The number of ether oxygens (including phenoxy) is 2. The van der Waals surface area contributed by atoms with Crippen molar-refractivity contribution in [2.75, 3.05) is 7.11 Å². The van der Waals surface area contributed by atoms with Gasteiger partial charge in [-0.1, -0.05) is 15.9 Å². The summed E-state index contributed by atoms with van der Waals surface area (Å²) in [7, 11) is 1.50. The molecular weight excluding hydrogens is 289 g/mol. The summed E-state index contributed by atoms with van der Waals surface area (Å²) in [6, 6.07) is 7.84. The molecule has 1 heterocycles. The Morgan fingerprint density at radius 1 is 1.24 bits per heavy atom. The predicted octanol–water partition coefficient (Wildman–Crippen LogP) is 3.78. The van der Waals surface area contributed by atoms with Crippen molar-refractivity contribution in [2.45, 2.75) is 0 Å². The van der Waals surface area contributed by atoms with E-state index in [1.807, 2.05) is 0 Å². The third-order valence-corrected chi connectivity index (χ3v) is 2.55. The van der Waals surface area contributed by atoms with Gasteiger partial charge in [-0.3, -0.25) is 0 Å². The molecule has 3 nitrogen and oxygen atoms in total. The number of aromatic nitrogens is 1. The van der Waals surface area contributed by atoms with Gasteiger partial charge in [0, 0.05) is 10.7 Å². The minimum atomic E-state index is -0.457. The van der Waals surface area contributed by atoms with Crippen molar-refractivity contribution in [3.8, 4) is 17.4 Å². The maximum absolute atomic E-state index is 13.5. The van der Waals surface area contributed by atoms with Crippen LogP contribution in [0.3, 0.4) is 0 Å². The third kappa shape index (κ3) is 2.74. The van der Waals surface area contributed by atoms with Gasteiger partial charge in [0.25, 0.3) is 5.88 Å². The van der Waals surface area contributed by atoms with Crippen molar-refractivity contribution in [3.63, 3.8) is 0 Å². The highest BCUT2D eigenvalue weighted by Crippen LogP contribution is 2.31. The van der Waals surface area contributed by atoms with Gasteiger partial charge < -0.3 is 9.47 Å². The van der Waals surface area contributed by atoms with Crippen molar-refractivity contribution >= 4 is 15.9 Å². The standard InChI is InChI=1S/C12H9BrFNO2/c1-16-10-3-2-6-15-12(10)17-11-7-8(13)4-5-9(11)14/h2-7H,1H3. The van der Waals surface area contributed by atoms with Crippen LogP contribution in [0.15, 0.2) is 41.0 Å².